The number of rotatable bonds is 9. The molecule has 0 radical (unpaired) electrons. The summed E-state index contributed by atoms with van der Waals surface area (Å²) in [6, 6.07) is 9.43. The molecule has 1 aliphatic heterocycles. The van der Waals surface area contributed by atoms with Gasteiger partial charge in [0, 0.05) is 35.3 Å². The van der Waals surface area contributed by atoms with Crippen LogP contribution in [-0.4, -0.2) is 25.9 Å². The van der Waals surface area contributed by atoms with Crippen molar-refractivity contribution in [3.63, 3.8) is 0 Å². The lowest BCUT2D eigenvalue weighted by Crippen LogP contribution is -2.25. The average molecular weight is 489 g/mol. The van der Waals surface area contributed by atoms with Crippen LogP contribution in [0.25, 0.3) is 0 Å². The molecule has 28 heavy (non-hydrogen) atoms. The van der Waals surface area contributed by atoms with E-state index in [4.69, 9.17) is 37.4 Å². The van der Waals surface area contributed by atoms with Crippen LogP contribution >= 0.6 is 39.1 Å². The summed E-state index contributed by atoms with van der Waals surface area (Å²) in [5, 5.41) is 4.64. The molecule has 1 atom stereocenters. The van der Waals surface area contributed by atoms with Crippen LogP contribution in [0.1, 0.15) is 30.9 Å². The Balaban J connectivity index is 1.67. The van der Waals surface area contributed by atoms with Crippen LogP contribution in [0.2, 0.25) is 10.0 Å². The molecule has 3 rings (SSSR count). The number of halogens is 3. The number of nitrogens with one attached hydrogen (secondary N) is 1. The number of benzene rings is 2. The minimum Gasteiger partial charge on any atom is -0.490 e. The molecule has 2 aromatic rings. The Morgan fingerprint density at radius 1 is 1.21 bits per heavy atom. The van der Waals surface area contributed by atoms with Crippen LogP contribution in [-0.2, 0) is 17.9 Å². The summed E-state index contributed by atoms with van der Waals surface area (Å²) in [4.78, 5) is 0. The summed E-state index contributed by atoms with van der Waals surface area (Å²) in [6.45, 7) is 5.30. The molecule has 0 aliphatic carbocycles. The second kappa shape index (κ2) is 10.7. The van der Waals surface area contributed by atoms with Gasteiger partial charge in [-0.25, -0.2) is 0 Å². The summed E-state index contributed by atoms with van der Waals surface area (Å²) < 4.78 is 18.3. The fraction of sp³-hybridized carbons (Fsp3) is 0.429. The van der Waals surface area contributed by atoms with Crippen molar-refractivity contribution in [2.45, 2.75) is 39.0 Å². The molecule has 152 valence electrons. The second-order valence-corrected chi connectivity index (χ2v) is 8.33. The van der Waals surface area contributed by atoms with E-state index < -0.39 is 0 Å². The van der Waals surface area contributed by atoms with Crippen molar-refractivity contribution in [2.75, 3.05) is 19.8 Å². The summed E-state index contributed by atoms with van der Waals surface area (Å²) >= 11 is 15.8. The quantitative estimate of drug-likeness (QED) is 0.469. The maximum atomic E-state index is 6.25. The van der Waals surface area contributed by atoms with Crippen LogP contribution in [0.3, 0.4) is 0 Å². The molecule has 2 aromatic carbocycles. The van der Waals surface area contributed by atoms with Gasteiger partial charge in [-0.15, -0.1) is 0 Å². The SMILES string of the molecule is CCOc1cc(CNCC2CCCO2)cc(Br)c1OCc1ccc(Cl)cc1Cl. The third kappa shape index (κ3) is 6.01. The summed E-state index contributed by atoms with van der Waals surface area (Å²) in [7, 11) is 0. The third-order valence-corrected chi connectivity index (χ3v) is 5.66. The molecule has 0 amide bonds. The molecule has 1 unspecified atom stereocenters. The first-order chi connectivity index (χ1) is 13.6. The van der Waals surface area contributed by atoms with Gasteiger partial charge in [0.15, 0.2) is 11.5 Å². The van der Waals surface area contributed by atoms with Gasteiger partial charge >= 0.3 is 0 Å². The Hall–Kier alpha value is -0.980. The van der Waals surface area contributed by atoms with Gasteiger partial charge in [-0.1, -0.05) is 29.3 Å². The number of ether oxygens (including phenoxy) is 3. The van der Waals surface area contributed by atoms with Crippen molar-refractivity contribution < 1.29 is 14.2 Å². The monoisotopic (exact) mass is 487 g/mol. The molecular weight excluding hydrogens is 465 g/mol. The topological polar surface area (TPSA) is 39.7 Å². The Morgan fingerprint density at radius 3 is 2.79 bits per heavy atom. The zero-order valence-corrected chi connectivity index (χ0v) is 18.9. The first-order valence-corrected chi connectivity index (χ1v) is 11.0. The Kier molecular flexibility index (Phi) is 8.30. The maximum Gasteiger partial charge on any atom is 0.175 e. The van der Waals surface area contributed by atoms with E-state index in [1.165, 1.54) is 0 Å². The minimum absolute atomic E-state index is 0.321. The fourth-order valence-electron chi connectivity index (χ4n) is 3.10. The van der Waals surface area contributed by atoms with Gasteiger partial charge in [-0.3, -0.25) is 0 Å². The van der Waals surface area contributed by atoms with Crippen LogP contribution in [0.5, 0.6) is 11.5 Å². The molecule has 1 saturated heterocycles. The van der Waals surface area contributed by atoms with E-state index in [9.17, 15) is 0 Å². The predicted molar refractivity (Wildman–Crippen MR) is 117 cm³/mol. The molecular formula is C21H24BrCl2NO3. The van der Waals surface area contributed by atoms with Crippen molar-refractivity contribution in [1.82, 2.24) is 5.32 Å². The van der Waals surface area contributed by atoms with E-state index in [1.807, 2.05) is 25.1 Å². The van der Waals surface area contributed by atoms with E-state index in [1.54, 1.807) is 12.1 Å². The lowest BCUT2D eigenvalue weighted by Gasteiger charge is -2.17. The van der Waals surface area contributed by atoms with Crippen molar-refractivity contribution in [2.24, 2.45) is 0 Å². The average Bonchev–Trinajstić information content (AvgIpc) is 3.16. The van der Waals surface area contributed by atoms with Crippen LogP contribution in [0.4, 0.5) is 0 Å². The van der Waals surface area contributed by atoms with Crippen LogP contribution in [0, 0.1) is 0 Å². The van der Waals surface area contributed by atoms with Gasteiger partial charge in [0.2, 0.25) is 0 Å². The smallest absolute Gasteiger partial charge is 0.175 e. The Bertz CT molecular complexity index is 797. The van der Waals surface area contributed by atoms with Crippen molar-refractivity contribution >= 4 is 39.1 Å². The zero-order chi connectivity index (χ0) is 19.9. The first-order valence-electron chi connectivity index (χ1n) is 9.41. The molecule has 7 heteroatoms. The fourth-order valence-corrected chi connectivity index (χ4v) is 4.16. The maximum absolute atomic E-state index is 6.25. The second-order valence-electron chi connectivity index (χ2n) is 6.63. The van der Waals surface area contributed by atoms with E-state index in [-0.39, 0.29) is 0 Å². The highest BCUT2D eigenvalue weighted by Crippen LogP contribution is 2.38. The normalized spacial score (nSPS) is 16.4. The van der Waals surface area contributed by atoms with Gasteiger partial charge in [0.1, 0.15) is 6.61 Å². The molecule has 4 nitrogen and oxygen atoms in total. The Labute approximate surface area is 184 Å². The highest BCUT2D eigenvalue weighted by Gasteiger charge is 2.16. The lowest BCUT2D eigenvalue weighted by molar-refractivity contribution is 0.110. The summed E-state index contributed by atoms with van der Waals surface area (Å²) in [5.74, 6) is 1.37. The molecule has 1 heterocycles. The van der Waals surface area contributed by atoms with Gasteiger partial charge in [0.25, 0.3) is 0 Å². The van der Waals surface area contributed by atoms with Crippen LogP contribution < -0.4 is 14.8 Å². The van der Waals surface area contributed by atoms with Gasteiger partial charge in [-0.2, -0.15) is 0 Å². The Morgan fingerprint density at radius 2 is 2.07 bits per heavy atom. The molecule has 1 aliphatic rings. The predicted octanol–water partition coefficient (Wildman–Crippen LogP) is 6.00. The van der Waals surface area contributed by atoms with Gasteiger partial charge in [0.05, 0.1) is 17.2 Å². The molecule has 1 N–H and O–H groups in total. The van der Waals surface area contributed by atoms with Crippen molar-refractivity contribution in [3.8, 4) is 11.5 Å². The summed E-state index contributed by atoms with van der Waals surface area (Å²) in [6.07, 6.45) is 2.60. The number of hydrogen-bond acceptors (Lipinski definition) is 4. The lowest BCUT2D eigenvalue weighted by atomic mass is 10.2. The number of hydrogen-bond donors (Lipinski definition) is 1. The largest absolute Gasteiger partial charge is 0.490 e. The third-order valence-electron chi connectivity index (χ3n) is 4.48. The highest BCUT2D eigenvalue weighted by molar-refractivity contribution is 9.10. The highest BCUT2D eigenvalue weighted by atomic mass is 79.9. The molecule has 0 saturated carbocycles. The summed E-state index contributed by atoms with van der Waals surface area (Å²) in [5.41, 5.74) is 1.98. The van der Waals surface area contributed by atoms with E-state index in [2.05, 4.69) is 21.2 Å². The van der Waals surface area contributed by atoms with Crippen molar-refractivity contribution in [1.29, 1.82) is 0 Å². The molecule has 0 bridgehead atoms. The standard InChI is InChI=1S/C21H24BrCl2NO3/c1-2-26-20-9-14(11-25-12-17-4-3-7-27-17)8-18(22)21(20)28-13-15-5-6-16(23)10-19(15)24/h5-6,8-10,17,25H,2-4,7,11-13H2,1H3. The molecule has 0 spiro atoms. The zero-order valence-electron chi connectivity index (χ0n) is 15.8. The van der Waals surface area contributed by atoms with Crippen LogP contribution in [0.15, 0.2) is 34.8 Å². The van der Waals surface area contributed by atoms with Gasteiger partial charge in [-0.05, 0) is 65.5 Å². The molecule has 0 aromatic heterocycles. The van der Waals surface area contributed by atoms with E-state index >= 15 is 0 Å². The first kappa shape index (κ1) is 21.7. The van der Waals surface area contributed by atoms with Gasteiger partial charge < -0.3 is 19.5 Å². The van der Waals surface area contributed by atoms with E-state index in [0.717, 1.165) is 48.1 Å². The minimum atomic E-state index is 0.321. The van der Waals surface area contributed by atoms with Crippen molar-refractivity contribution in [3.05, 3.63) is 56.0 Å². The molecule has 1 fully saturated rings. The van der Waals surface area contributed by atoms with E-state index in [0.29, 0.717) is 40.9 Å².